The van der Waals surface area contributed by atoms with Gasteiger partial charge in [0.05, 0.1) is 0 Å². The number of hydrogen-bond donors (Lipinski definition) is 1. The summed E-state index contributed by atoms with van der Waals surface area (Å²) < 4.78 is 4.91. The SMILES string of the molecule is COCCCN(C)CCCC(=O)O. The number of methoxy groups -OCH3 is 1. The summed E-state index contributed by atoms with van der Waals surface area (Å²) in [5, 5.41) is 8.40. The number of ether oxygens (including phenoxy) is 1. The number of rotatable bonds is 8. The van der Waals surface area contributed by atoms with Gasteiger partial charge in [-0.05, 0) is 26.4 Å². The monoisotopic (exact) mass is 189 g/mol. The Hall–Kier alpha value is -0.610. The molecule has 0 saturated heterocycles. The number of aliphatic carboxylic acids is 1. The molecule has 0 unspecified atom stereocenters. The van der Waals surface area contributed by atoms with Gasteiger partial charge < -0.3 is 14.7 Å². The number of carboxylic acid groups (broad SMARTS) is 1. The lowest BCUT2D eigenvalue weighted by Gasteiger charge is -2.15. The third-order valence-corrected chi connectivity index (χ3v) is 1.82. The maximum atomic E-state index is 10.2. The highest BCUT2D eigenvalue weighted by molar-refractivity contribution is 5.66. The van der Waals surface area contributed by atoms with Gasteiger partial charge >= 0.3 is 5.97 Å². The van der Waals surface area contributed by atoms with Crippen LogP contribution in [-0.2, 0) is 9.53 Å². The smallest absolute Gasteiger partial charge is 0.303 e. The number of nitrogens with zero attached hydrogens (tertiary/aromatic N) is 1. The van der Waals surface area contributed by atoms with E-state index in [-0.39, 0.29) is 6.42 Å². The Balaban J connectivity index is 3.19. The minimum absolute atomic E-state index is 0.259. The van der Waals surface area contributed by atoms with E-state index in [4.69, 9.17) is 9.84 Å². The molecule has 0 aromatic heterocycles. The van der Waals surface area contributed by atoms with E-state index in [9.17, 15) is 4.79 Å². The molecule has 0 radical (unpaired) electrons. The summed E-state index contributed by atoms with van der Waals surface area (Å²) in [4.78, 5) is 12.3. The topological polar surface area (TPSA) is 49.8 Å². The normalized spacial score (nSPS) is 10.7. The fourth-order valence-corrected chi connectivity index (χ4v) is 1.09. The predicted molar refractivity (Wildman–Crippen MR) is 50.9 cm³/mol. The van der Waals surface area contributed by atoms with E-state index < -0.39 is 5.97 Å². The molecule has 0 fully saturated rings. The van der Waals surface area contributed by atoms with Gasteiger partial charge in [0.2, 0.25) is 0 Å². The van der Waals surface area contributed by atoms with Gasteiger partial charge in [-0.3, -0.25) is 4.79 Å². The van der Waals surface area contributed by atoms with Crippen LogP contribution in [0.15, 0.2) is 0 Å². The first kappa shape index (κ1) is 12.4. The standard InChI is InChI=1S/C9H19NO3/c1-10(7-4-8-13-2)6-3-5-9(11)12/h3-8H2,1-2H3,(H,11,12). The highest BCUT2D eigenvalue weighted by atomic mass is 16.5. The van der Waals surface area contributed by atoms with Crippen molar-refractivity contribution >= 4 is 5.97 Å². The third-order valence-electron chi connectivity index (χ3n) is 1.82. The molecule has 0 atom stereocenters. The van der Waals surface area contributed by atoms with Crippen LogP contribution in [0.4, 0.5) is 0 Å². The van der Waals surface area contributed by atoms with E-state index in [0.717, 1.165) is 32.5 Å². The van der Waals surface area contributed by atoms with Crippen molar-refractivity contribution in [3.8, 4) is 0 Å². The lowest BCUT2D eigenvalue weighted by Crippen LogP contribution is -2.22. The van der Waals surface area contributed by atoms with Crippen molar-refractivity contribution in [2.45, 2.75) is 19.3 Å². The highest BCUT2D eigenvalue weighted by Crippen LogP contribution is 1.94. The molecule has 0 rings (SSSR count). The van der Waals surface area contributed by atoms with Crippen LogP contribution in [0.1, 0.15) is 19.3 Å². The summed E-state index contributed by atoms with van der Waals surface area (Å²) in [6, 6.07) is 0. The first-order valence-electron chi connectivity index (χ1n) is 4.56. The van der Waals surface area contributed by atoms with E-state index in [0.29, 0.717) is 0 Å². The zero-order chi connectivity index (χ0) is 10.1. The van der Waals surface area contributed by atoms with Gasteiger partial charge in [-0.15, -0.1) is 0 Å². The van der Waals surface area contributed by atoms with Gasteiger partial charge in [-0.25, -0.2) is 0 Å². The van der Waals surface area contributed by atoms with Gasteiger partial charge in [0, 0.05) is 26.7 Å². The zero-order valence-electron chi connectivity index (χ0n) is 8.45. The van der Waals surface area contributed by atoms with Crippen molar-refractivity contribution < 1.29 is 14.6 Å². The number of carbonyl (C=O) groups is 1. The van der Waals surface area contributed by atoms with Crippen LogP contribution >= 0.6 is 0 Å². The molecule has 13 heavy (non-hydrogen) atoms. The second kappa shape index (κ2) is 8.01. The van der Waals surface area contributed by atoms with Crippen LogP contribution < -0.4 is 0 Å². The maximum Gasteiger partial charge on any atom is 0.303 e. The first-order chi connectivity index (χ1) is 6.16. The van der Waals surface area contributed by atoms with E-state index in [1.165, 1.54) is 0 Å². The second-order valence-corrected chi connectivity index (χ2v) is 3.15. The van der Waals surface area contributed by atoms with Crippen LogP contribution in [0.25, 0.3) is 0 Å². The molecule has 0 spiro atoms. The molecule has 0 bridgehead atoms. The van der Waals surface area contributed by atoms with Crippen LogP contribution in [0.2, 0.25) is 0 Å². The van der Waals surface area contributed by atoms with Crippen molar-refractivity contribution in [2.24, 2.45) is 0 Å². The molecule has 0 aromatic rings. The van der Waals surface area contributed by atoms with Gasteiger partial charge in [0.15, 0.2) is 0 Å². The number of carboxylic acids is 1. The van der Waals surface area contributed by atoms with E-state index in [1.807, 2.05) is 7.05 Å². The summed E-state index contributed by atoms with van der Waals surface area (Å²) in [6.07, 6.45) is 1.98. The molecule has 0 aliphatic carbocycles. The molecular formula is C9H19NO3. The predicted octanol–water partition coefficient (Wildman–Crippen LogP) is 0.820. The minimum Gasteiger partial charge on any atom is -0.481 e. The Kier molecular flexibility index (Phi) is 7.63. The van der Waals surface area contributed by atoms with E-state index in [2.05, 4.69) is 4.90 Å². The molecule has 0 heterocycles. The summed E-state index contributed by atoms with van der Waals surface area (Å²) in [6.45, 7) is 2.58. The van der Waals surface area contributed by atoms with Crippen molar-refractivity contribution in [1.82, 2.24) is 4.90 Å². The Labute approximate surface area is 79.5 Å². The molecule has 1 N–H and O–H groups in total. The molecule has 0 aromatic carbocycles. The summed E-state index contributed by atoms with van der Waals surface area (Å²) in [5.41, 5.74) is 0. The van der Waals surface area contributed by atoms with Gasteiger partial charge in [-0.2, -0.15) is 0 Å². The lowest BCUT2D eigenvalue weighted by atomic mass is 10.3. The molecule has 78 valence electrons. The van der Waals surface area contributed by atoms with Crippen LogP contribution in [0.3, 0.4) is 0 Å². The molecule has 0 aliphatic heterocycles. The Morgan fingerprint density at radius 3 is 2.54 bits per heavy atom. The highest BCUT2D eigenvalue weighted by Gasteiger charge is 2.00. The third kappa shape index (κ3) is 9.30. The summed E-state index contributed by atoms with van der Waals surface area (Å²) in [7, 11) is 3.68. The minimum atomic E-state index is -0.717. The summed E-state index contributed by atoms with van der Waals surface area (Å²) in [5.74, 6) is -0.717. The molecular weight excluding hydrogens is 170 g/mol. The van der Waals surface area contributed by atoms with E-state index in [1.54, 1.807) is 7.11 Å². The van der Waals surface area contributed by atoms with Crippen LogP contribution in [-0.4, -0.2) is 49.8 Å². The Bertz CT molecular complexity index is 139. The first-order valence-corrected chi connectivity index (χ1v) is 4.56. The fourth-order valence-electron chi connectivity index (χ4n) is 1.09. The summed E-state index contributed by atoms with van der Waals surface area (Å²) >= 11 is 0. The lowest BCUT2D eigenvalue weighted by molar-refractivity contribution is -0.137. The van der Waals surface area contributed by atoms with Gasteiger partial charge in [0.25, 0.3) is 0 Å². The molecule has 0 amide bonds. The van der Waals surface area contributed by atoms with Crippen molar-refractivity contribution in [3.05, 3.63) is 0 Å². The second-order valence-electron chi connectivity index (χ2n) is 3.15. The largest absolute Gasteiger partial charge is 0.481 e. The van der Waals surface area contributed by atoms with E-state index >= 15 is 0 Å². The molecule has 4 heteroatoms. The molecule has 4 nitrogen and oxygen atoms in total. The van der Waals surface area contributed by atoms with Gasteiger partial charge in [-0.1, -0.05) is 0 Å². The van der Waals surface area contributed by atoms with Gasteiger partial charge in [0.1, 0.15) is 0 Å². The maximum absolute atomic E-state index is 10.2. The van der Waals surface area contributed by atoms with Crippen LogP contribution in [0, 0.1) is 0 Å². The molecule has 0 saturated carbocycles. The van der Waals surface area contributed by atoms with Crippen LogP contribution in [0.5, 0.6) is 0 Å². The zero-order valence-corrected chi connectivity index (χ0v) is 8.45. The average Bonchev–Trinajstić information content (AvgIpc) is 2.04. The quantitative estimate of drug-likeness (QED) is 0.574. The Morgan fingerprint density at radius 1 is 1.38 bits per heavy atom. The Morgan fingerprint density at radius 2 is 2.00 bits per heavy atom. The van der Waals surface area contributed by atoms with Crippen molar-refractivity contribution in [2.75, 3.05) is 33.9 Å². The number of hydrogen-bond acceptors (Lipinski definition) is 3. The fraction of sp³-hybridized carbons (Fsp3) is 0.889. The van der Waals surface area contributed by atoms with Crippen molar-refractivity contribution in [3.63, 3.8) is 0 Å². The van der Waals surface area contributed by atoms with Crippen molar-refractivity contribution in [1.29, 1.82) is 0 Å². The average molecular weight is 189 g/mol. The molecule has 0 aliphatic rings.